The van der Waals surface area contributed by atoms with Gasteiger partial charge in [0.05, 0.1) is 0 Å². The number of halogens is 2. The van der Waals surface area contributed by atoms with Crippen LogP contribution in [-0.2, 0) is 23.2 Å². The number of hydrogen-bond acceptors (Lipinski definition) is 0. The molecule has 0 aliphatic heterocycles. The topological polar surface area (TPSA) is 0 Å². The molecule has 0 spiro atoms. The van der Waals surface area contributed by atoms with Crippen molar-refractivity contribution in [1.29, 1.82) is 0 Å². The van der Waals surface area contributed by atoms with E-state index < -0.39 is 0 Å². The van der Waals surface area contributed by atoms with Crippen molar-refractivity contribution in [3.05, 3.63) is 78.9 Å². The maximum Gasteiger partial charge on any atom is -0.0398 e. The third-order valence-electron chi connectivity index (χ3n) is 2.80. The van der Waals surface area contributed by atoms with Crippen LogP contribution in [0.3, 0.4) is 0 Å². The molecule has 0 fully saturated rings. The Labute approximate surface area is 146 Å². The summed E-state index contributed by atoms with van der Waals surface area (Å²) in [6.45, 7) is 2.08. The zero-order chi connectivity index (χ0) is 12.6. The molecule has 0 N–H and O–H groups in total. The van der Waals surface area contributed by atoms with Gasteiger partial charge in [0.15, 0.2) is 0 Å². The Hall–Kier alpha value is -0.357. The van der Waals surface area contributed by atoms with Crippen LogP contribution in [0.1, 0.15) is 18.4 Å². The molecule has 2 aliphatic rings. The van der Waals surface area contributed by atoms with E-state index >= 15 is 0 Å². The van der Waals surface area contributed by atoms with Crippen molar-refractivity contribution in [3.63, 3.8) is 0 Å². The molecule has 0 unspecified atom stereocenters. The monoisotopic (exact) mass is 382 g/mol. The van der Waals surface area contributed by atoms with Gasteiger partial charge in [0, 0.05) is 0 Å². The third kappa shape index (κ3) is 7.43. The smallest absolute Gasteiger partial charge is 0.0398 e. The van der Waals surface area contributed by atoms with Crippen LogP contribution in [0, 0.1) is 6.92 Å². The van der Waals surface area contributed by atoms with Crippen molar-refractivity contribution in [3.8, 4) is 0 Å². The standard InChI is InChI=1S/C7H8.2C5H5.2ClH.Zr/c1-7-5-3-2-4-6-7;2*1-2-4-5-3-1;;;/h2-6H,1H3;2*1-3H,4H2;2*1H;/q;;;;;+2/p-2. The molecule has 0 bridgehead atoms. The maximum atomic E-state index is 2.31. The fraction of sp³-hybridized carbons (Fsp3) is 0.176. The van der Waals surface area contributed by atoms with E-state index in [9.17, 15) is 0 Å². The SMILES string of the molecule is C1=CC[C]([Zr+2][C]2=CC=CC2)=C1.Cc1ccccc1.[Cl-].[Cl-]. The Morgan fingerprint density at radius 1 is 0.800 bits per heavy atom. The van der Waals surface area contributed by atoms with Crippen LogP contribution in [0.15, 0.2) is 73.3 Å². The number of rotatable bonds is 2. The van der Waals surface area contributed by atoms with E-state index in [0.717, 1.165) is 0 Å². The molecule has 3 rings (SSSR count). The molecule has 0 saturated carbocycles. The molecule has 0 amide bonds. The molecule has 0 heterocycles. The Morgan fingerprint density at radius 2 is 1.30 bits per heavy atom. The van der Waals surface area contributed by atoms with Crippen LogP contribution in [-0.4, -0.2) is 0 Å². The molecule has 20 heavy (non-hydrogen) atoms. The van der Waals surface area contributed by atoms with Crippen molar-refractivity contribution < 1.29 is 48.0 Å². The summed E-state index contributed by atoms with van der Waals surface area (Å²) >= 11 is -0.312. The maximum absolute atomic E-state index is 2.31. The molecule has 3 heteroatoms. The Bertz CT molecular complexity index is 471. The van der Waals surface area contributed by atoms with E-state index in [0.29, 0.717) is 0 Å². The van der Waals surface area contributed by atoms with E-state index in [-0.39, 0.29) is 48.0 Å². The van der Waals surface area contributed by atoms with Gasteiger partial charge in [-0.15, -0.1) is 0 Å². The first-order chi connectivity index (χ1) is 8.84. The first kappa shape index (κ1) is 19.6. The van der Waals surface area contributed by atoms with Gasteiger partial charge in [-0.3, -0.25) is 0 Å². The van der Waals surface area contributed by atoms with E-state index in [1.54, 1.807) is 6.56 Å². The van der Waals surface area contributed by atoms with Crippen molar-refractivity contribution in [2.45, 2.75) is 19.8 Å². The summed E-state index contributed by atoms with van der Waals surface area (Å²) in [7, 11) is 0. The summed E-state index contributed by atoms with van der Waals surface area (Å²) in [5.41, 5.74) is 1.32. The first-order valence-electron chi connectivity index (χ1n) is 6.34. The fourth-order valence-corrected chi connectivity index (χ4v) is 4.80. The van der Waals surface area contributed by atoms with Crippen molar-refractivity contribution in [2.75, 3.05) is 0 Å². The minimum absolute atomic E-state index is 0. The molecule has 0 aromatic heterocycles. The largest absolute Gasteiger partial charge is 1.00 e. The van der Waals surface area contributed by atoms with Crippen LogP contribution in [0.25, 0.3) is 0 Å². The molecule has 0 radical (unpaired) electrons. The van der Waals surface area contributed by atoms with Gasteiger partial charge >= 0.3 is 79.1 Å². The van der Waals surface area contributed by atoms with Crippen LogP contribution in [0.5, 0.6) is 0 Å². The quantitative estimate of drug-likeness (QED) is 0.599. The molecule has 1 aromatic carbocycles. The van der Waals surface area contributed by atoms with E-state index in [1.807, 2.05) is 18.2 Å². The number of aryl methyl sites for hydroxylation is 1. The summed E-state index contributed by atoms with van der Waals surface area (Å²) in [5.74, 6) is 0. The predicted molar refractivity (Wildman–Crippen MR) is 74.9 cm³/mol. The van der Waals surface area contributed by atoms with Gasteiger partial charge in [-0.25, -0.2) is 0 Å². The average molecular weight is 384 g/mol. The van der Waals surface area contributed by atoms with Gasteiger partial charge < -0.3 is 24.8 Å². The van der Waals surface area contributed by atoms with Gasteiger partial charge in [-0.05, 0) is 6.92 Å². The first-order valence-corrected chi connectivity index (χ1v) is 8.80. The Kier molecular flexibility index (Phi) is 11.1. The van der Waals surface area contributed by atoms with Crippen LogP contribution >= 0.6 is 0 Å². The normalized spacial score (nSPS) is 14.1. The van der Waals surface area contributed by atoms with Gasteiger partial charge in [0.25, 0.3) is 0 Å². The van der Waals surface area contributed by atoms with Crippen molar-refractivity contribution in [2.24, 2.45) is 0 Å². The number of benzene rings is 1. The van der Waals surface area contributed by atoms with Crippen LogP contribution in [0.4, 0.5) is 0 Å². The molecule has 0 saturated heterocycles. The number of hydrogen-bond donors (Lipinski definition) is 0. The summed E-state index contributed by atoms with van der Waals surface area (Å²) in [6.07, 6.45) is 16.0. The fourth-order valence-electron chi connectivity index (χ4n) is 1.82. The molecule has 2 aliphatic carbocycles. The van der Waals surface area contributed by atoms with E-state index in [4.69, 9.17) is 0 Å². The summed E-state index contributed by atoms with van der Waals surface area (Å²) in [6, 6.07) is 10.3. The van der Waals surface area contributed by atoms with Crippen molar-refractivity contribution in [1.82, 2.24) is 0 Å². The average Bonchev–Trinajstić information content (AvgIpc) is 3.05. The molecular weight excluding hydrogens is 366 g/mol. The van der Waals surface area contributed by atoms with Crippen molar-refractivity contribution >= 4 is 0 Å². The molecule has 0 nitrogen and oxygen atoms in total. The van der Waals surface area contributed by atoms with Gasteiger partial charge in [-0.1, -0.05) is 35.9 Å². The Balaban J connectivity index is 0.000000356. The molecule has 104 valence electrons. The van der Waals surface area contributed by atoms with E-state index in [2.05, 4.69) is 55.5 Å². The summed E-state index contributed by atoms with van der Waals surface area (Å²) in [5, 5.41) is 0. The van der Waals surface area contributed by atoms with E-state index in [1.165, 1.54) is 18.4 Å². The van der Waals surface area contributed by atoms with Crippen LogP contribution < -0.4 is 24.8 Å². The Morgan fingerprint density at radius 3 is 1.60 bits per heavy atom. The van der Waals surface area contributed by atoms with Gasteiger partial charge in [-0.2, -0.15) is 0 Å². The minimum atomic E-state index is -0.312. The molecule has 0 atom stereocenters. The second-order valence-electron chi connectivity index (χ2n) is 4.43. The zero-order valence-corrected chi connectivity index (χ0v) is 15.5. The number of allylic oxidation sites excluding steroid dienone is 8. The van der Waals surface area contributed by atoms with Crippen LogP contribution in [0.2, 0.25) is 0 Å². The minimum Gasteiger partial charge on any atom is -1.00 e. The zero-order valence-electron chi connectivity index (χ0n) is 11.5. The van der Waals surface area contributed by atoms with Gasteiger partial charge in [0.1, 0.15) is 0 Å². The van der Waals surface area contributed by atoms with Gasteiger partial charge in [0.2, 0.25) is 0 Å². The second-order valence-corrected chi connectivity index (χ2v) is 8.20. The third-order valence-corrected chi connectivity index (χ3v) is 6.21. The summed E-state index contributed by atoms with van der Waals surface area (Å²) in [4.78, 5) is 0. The molecular formula is C17H18Cl2Zr. The second kappa shape index (κ2) is 11.3. The molecule has 1 aromatic rings. The predicted octanol–water partition coefficient (Wildman–Crippen LogP) is -1.24. The summed E-state index contributed by atoms with van der Waals surface area (Å²) < 4.78 is 3.45.